The van der Waals surface area contributed by atoms with Crippen molar-refractivity contribution in [2.45, 2.75) is 13.3 Å². The van der Waals surface area contributed by atoms with E-state index in [0.717, 1.165) is 0 Å². The van der Waals surface area contributed by atoms with Gasteiger partial charge in [-0.25, -0.2) is 18.7 Å². The van der Waals surface area contributed by atoms with Gasteiger partial charge in [-0.3, -0.25) is 4.79 Å². The quantitative estimate of drug-likeness (QED) is 0.691. The Kier molecular flexibility index (Phi) is 5.71. The second kappa shape index (κ2) is 8.35. The molecular weight excluding hydrogens is 350 g/mol. The van der Waals surface area contributed by atoms with E-state index in [2.05, 4.69) is 20.6 Å². The molecule has 27 heavy (non-hydrogen) atoms. The van der Waals surface area contributed by atoms with Gasteiger partial charge in [0, 0.05) is 12.2 Å². The Morgan fingerprint density at radius 1 is 1.00 bits per heavy atom. The molecule has 0 saturated heterocycles. The van der Waals surface area contributed by atoms with Crippen LogP contribution < -0.4 is 10.6 Å². The van der Waals surface area contributed by atoms with Crippen molar-refractivity contribution in [3.05, 3.63) is 83.2 Å². The van der Waals surface area contributed by atoms with Gasteiger partial charge in [0.15, 0.2) is 0 Å². The van der Waals surface area contributed by atoms with Crippen LogP contribution in [0.2, 0.25) is 0 Å². The van der Waals surface area contributed by atoms with E-state index in [1.54, 1.807) is 31.2 Å². The Morgan fingerprint density at radius 3 is 2.44 bits per heavy atom. The van der Waals surface area contributed by atoms with Crippen molar-refractivity contribution in [1.82, 2.24) is 9.97 Å². The van der Waals surface area contributed by atoms with Gasteiger partial charge in [-0.15, -0.1) is 0 Å². The lowest BCUT2D eigenvalue weighted by Crippen LogP contribution is -2.17. The van der Waals surface area contributed by atoms with Crippen LogP contribution in [0, 0.1) is 18.6 Å². The first-order valence-electron chi connectivity index (χ1n) is 8.42. The molecule has 3 rings (SSSR count). The molecule has 0 atom stereocenters. The number of nitrogens with one attached hydrogen (secondary N) is 2. The first-order valence-corrected chi connectivity index (χ1v) is 8.42. The fourth-order valence-corrected chi connectivity index (χ4v) is 2.52. The summed E-state index contributed by atoms with van der Waals surface area (Å²) in [5, 5.41) is 5.48. The minimum Gasteiger partial charge on any atom is -0.354 e. The number of aryl methyl sites for hydroxylation is 1. The van der Waals surface area contributed by atoms with Crippen LogP contribution in [-0.4, -0.2) is 22.4 Å². The van der Waals surface area contributed by atoms with Crippen LogP contribution in [0.4, 0.5) is 20.4 Å². The van der Waals surface area contributed by atoms with Crippen molar-refractivity contribution in [2.75, 3.05) is 17.2 Å². The van der Waals surface area contributed by atoms with E-state index in [-0.39, 0.29) is 23.1 Å². The SMILES string of the molecule is Cc1cc(C(=O)Nc2ccccc2F)nc(NCCc2ccccc2F)n1. The highest BCUT2D eigenvalue weighted by atomic mass is 19.1. The summed E-state index contributed by atoms with van der Waals surface area (Å²) in [5.74, 6) is -1.08. The van der Waals surface area contributed by atoms with Gasteiger partial charge in [-0.2, -0.15) is 0 Å². The van der Waals surface area contributed by atoms with Crippen molar-refractivity contribution in [1.29, 1.82) is 0 Å². The summed E-state index contributed by atoms with van der Waals surface area (Å²) in [7, 11) is 0. The molecule has 1 amide bonds. The summed E-state index contributed by atoms with van der Waals surface area (Å²) >= 11 is 0. The Labute approximate surface area is 155 Å². The number of carbonyl (C=O) groups is 1. The van der Waals surface area contributed by atoms with Gasteiger partial charge in [0.25, 0.3) is 5.91 Å². The lowest BCUT2D eigenvalue weighted by atomic mass is 10.1. The molecule has 0 spiro atoms. The normalized spacial score (nSPS) is 10.5. The number of benzene rings is 2. The summed E-state index contributed by atoms with van der Waals surface area (Å²) in [6, 6.07) is 13.9. The standard InChI is InChI=1S/C20H18F2N4O/c1-13-12-18(19(27)25-17-9-5-4-8-16(17)22)26-20(24-13)23-11-10-14-6-2-3-7-15(14)21/h2-9,12H,10-11H2,1H3,(H,25,27)(H,23,24,26). The van der Waals surface area contributed by atoms with Crippen LogP contribution in [0.3, 0.4) is 0 Å². The highest BCUT2D eigenvalue weighted by Gasteiger charge is 2.13. The Morgan fingerprint density at radius 2 is 1.70 bits per heavy atom. The molecule has 0 aliphatic heterocycles. The fraction of sp³-hybridized carbons (Fsp3) is 0.150. The predicted molar refractivity (Wildman–Crippen MR) is 99.7 cm³/mol. The highest BCUT2D eigenvalue weighted by Crippen LogP contribution is 2.14. The summed E-state index contributed by atoms with van der Waals surface area (Å²) in [6.45, 7) is 2.13. The third-order valence-corrected chi connectivity index (χ3v) is 3.84. The molecule has 5 nitrogen and oxygen atoms in total. The van der Waals surface area contributed by atoms with Gasteiger partial charge in [0.2, 0.25) is 5.95 Å². The van der Waals surface area contributed by atoms with Crippen LogP contribution in [0.1, 0.15) is 21.7 Å². The lowest BCUT2D eigenvalue weighted by Gasteiger charge is -2.09. The third kappa shape index (κ3) is 4.84. The number of para-hydroxylation sites is 1. The summed E-state index contributed by atoms with van der Waals surface area (Å²) in [6.07, 6.45) is 0.445. The Bertz CT molecular complexity index is 962. The van der Waals surface area contributed by atoms with Crippen molar-refractivity contribution in [3.63, 3.8) is 0 Å². The van der Waals surface area contributed by atoms with Crippen molar-refractivity contribution in [2.24, 2.45) is 0 Å². The number of rotatable bonds is 6. The zero-order chi connectivity index (χ0) is 19.2. The molecular formula is C20H18F2N4O. The maximum Gasteiger partial charge on any atom is 0.274 e. The molecule has 0 saturated carbocycles. The molecule has 0 bridgehead atoms. The first-order chi connectivity index (χ1) is 13.0. The maximum absolute atomic E-state index is 13.7. The Hall–Kier alpha value is -3.35. The van der Waals surface area contributed by atoms with E-state index in [4.69, 9.17) is 0 Å². The molecule has 0 radical (unpaired) electrons. The topological polar surface area (TPSA) is 66.9 Å². The molecule has 138 valence electrons. The number of halogens is 2. The van der Waals surface area contributed by atoms with E-state index >= 15 is 0 Å². The average Bonchev–Trinajstić information content (AvgIpc) is 2.65. The van der Waals surface area contributed by atoms with Gasteiger partial charge in [0.1, 0.15) is 17.3 Å². The summed E-state index contributed by atoms with van der Waals surface area (Å²) in [5.41, 5.74) is 1.35. The van der Waals surface area contributed by atoms with Gasteiger partial charge in [-0.05, 0) is 43.2 Å². The van der Waals surface area contributed by atoms with Crippen molar-refractivity contribution < 1.29 is 13.6 Å². The molecule has 0 unspecified atom stereocenters. The van der Waals surface area contributed by atoms with Crippen LogP contribution in [0.15, 0.2) is 54.6 Å². The minimum atomic E-state index is -0.539. The van der Waals surface area contributed by atoms with Crippen LogP contribution in [0.25, 0.3) is 0 Å². The van der Waals surface area contributed by atoms with E-state index in [1.165, 1.54) is 30.3 Å². The molecule has 2 aromatic carbocycles. The molecule has 1 heterocycles. The highest BCUT2D eigenvalue weighted by molar-refractivity contribution is 6.03. The number of carbonyl (C=O) groups excluding carboxylic acids is 1. The molecule has 3 aromatic rings. The average molecular weight is 368 g/mol. The zero-order valence-electron chi connectivity index (χ0n) is 14.7. The van der Waals surface area contributed by atoms with Gasteiger partial charge >= 0.3 is 0 Å². The molecule has 2 N–H and O–H groups in total. The second-order valence-corrected chi connectivity index (χ2v) is 5.92. The number of hydrogen-bond donors (Lipinski definition) is 2. The lowest BCUT2D eigenvalue weighted by molar-refractivity contribution is 0.102. The molecule has 0 aliphatic rings. The van der Waals surface area contributed by atoms with Crippen LogP contribution in [-0.2, 0) is 6.42 Å². The number of amides is 1. The summed E-state index contributed by atoms with van der Waals surface area (Å²) < 4.78 is 27.3. The predicted octanol–water partition coefficient (Wildman–Crippen LogP) is 3.97. The third-order valence-electron chi connectivity index (χ3n) is 3.84. The van der Waals surface area contributed by atoms with Gasteiger partial charge in [0.05, 0.1) is 5.69 Å². The molecule has 0 fully saturated rings. The van der Waals surface area contributed by atoms with Crippen molar-refractivity contribution >= 4 is 17.5 Å². The summed E-state index contributed by atoms with van der Waals surface area (Å²) in [4.78, 5) is 20.8. The maximum atomic E-state index is 13.7. The fourth-order valence-electron chi connectivity index (χ4n) is 2.52. The smallest absolute Gasteiger partial charge is 0.274 e. The van der Waals surface area contributed by atoms with Gasteiger partial charge in [-0.1, -0.05) is 30.3 Å². The molecule has 7 heteroatoms. The number of nitrogens with zero attached hydrogens (tertiary/aromatic N) is 2. The number of anilines is 2. The first kappa shape index (κ1) is 18.4. The minimum absolute atomic E-state index is 0.0767. The van der Waals surface area contributed by atoms with E-state index in [9.17, 15) is 13.6 Å². The van der Waals surface area contributed by atoms with Gasteiger partial charge < -0.3 is 10.6 Å². The number of hydrogen-bond acceptors (Lipinski definition) is 4. The van der Waals surface area contributed by atoms with Crippen LogP contribution >= 0.6 is 0 Å². The largest absolute Gasteiger partial charge is 0.354 e. The van der Waals surface area contributed by atoms with E-state index in [1.807, 2.05) is 0 Å². The number of aromatic nitrogens is 2. The van der Waals surface area contributed by atoms with E-state index in [0.29, 0.717) is 24.2 Å². The van der Waals surface area contributed by atoms with Crippen LogP contribution in [0.5, 0.6) is 0 Å². The van der Waals surface area contributed by atoms with Crippen molar-refractivity contribution in [3.8, 4) is 0 Å². The second-order valence-electron chi connectivity index (χ2n) is 5.92. The zero-order valence-corrected chi connectivity index (χ0v) is 14.7. The van der Waals surface area contributed by atoms with E-state index < -0.39 is 11.7 Å². The monoisotopic (exact) mass is 368 g/mol. The molecule has 1 aromatic heterocycles. The Balaban J connectivity index is 1.67. The molecule has 0 aliphatic carbocycles.